The second kappa shape index (κ2) is 9.11. The van der Waals surface area contributed by atoms with Crippen molar-refractivity contribution >= 4 is 45.8 Å². The summed E-state index contributed by atoms with van der Waals surface area (Å²) in [5.74, 6) is -2.00. The first-order valence-electron chi connectivity index (χ1n) is 11.4. The standard InChI is InChI=1S/C29H22N2O5/c1-17-9-14-24(18(2)15-17)30-25(32)16-36-29(35)20-10-12-21(13-11-20)31-27(33)22-7-3-5-19-6-4-8-23(26(19)22)28(31)34/h3-15H,16H2,1-2H3,(H,30,32). The van der Waals surface area contributed by atoms with Gasteiger partial charge in [0.05, 0.1) is 11.3 Å². The molecule has 0 atom stereocenters. The SMILES string of the molecule is Cc1ccc(NC(=O)COC(=O)c2ccc(N3C(=O)c4cccc5cccc(c45)C3=O)cc2)c(C)c1. The first-order valence-corrected chi connectivity index (χ1v) is 11.4. The summed E-state index contributed by atoms with van der Waals surface area (Å²) in [5.41, 5.74) is 4.06. The number of hydrogen-bond donors (Lipinski definition) is 1. The highest BCUT2D eigenvalue weighted by molar-refractivity contribution is 6.35. The quantitative estimate of drug-likeness (QED) is 0.320. The molecule has 0 bridgehead atoms. The van der Waals surface area contributed by atoms with Crippen LogP contribution in [0.15, 0.2) is 78.9 Å². The zero-order valence-corrected chi connectivity index (χ0v) is 19.7. The third-order valence-electron chi connectivity index (χ3n) is 6.12. The third-order valence-corrected chi connectivity index (χ3v) is 6.12. The average Bonchev–Trinajstić information content (AvgIpc) is 2.88. The molecule has 178 valence electrons. The van der Waals surface area contributed by atoms with E-state index >= 15 is 0 Å². The van der Waals surface area contributed by atoms with E-state index in [1.54, 1.807) is 30.3 Å². The summed E-state index contributed by atoms with van der Waals surface area (Å²) >= 11 is 0. The molecular formula is C29H22N2O5. The van der Waals surface area contributed by atoms with Gasteiger partial charge in [0, 0.05) is 22.2 Å². The summed E-state index contributed by atoms with van der Waals surface area (Å²) < 4.78 is 5.14. The lowest BCUT2D eigenvalue weighted by molar-refractivity contribution is -0.119. The van der Waals surface area contributed by atoms with Crippen LogP contribution in [0, 0.1) is 13.8 Å². The van der Waals surface area contributed by atoms with E-state index in [1.165, 1.54) is 24.3 Å². The molecule has 0 fully saturated rings. The lowest BCUT2D eigenvalue weighted by Crippen LogP contribution is -2.40. The first-order chi connectivity index (χ1) is 17.3. The Bertz CT molecular complexity index is 1510. The number of nitrogens with zero attached hydrogens (tertiary/aromatic N) is 1. The van der Waals surface area contributed by atoms with Crippen molar-refractivity contribution in [1.29, 1.82) is 0 Å². The minimum absolute atomic E-state index is 0.192. The predicted molar refractivity (Wildman–Crippen MR) is 136 cm³/mol. The van der Waals surface area contributed by atoms with Crippen molar-refractivity contribution in [3.8, 4) is 0 Å². The molecule has 0 saturated carbocycles. The molecule has 7 nitrogen and oxygen atoms in total. The highest BCUT2D eigenvalue weighted by atomic mass is 16.5. The highest BCUT2D eigenvalue weighted by Crippen LogP contribution is 2.32. The molecule has 1 aliphatic rings. The maximum atomic E-state index is 13.2. The third kappa shape index (κ3) is 4.11. The molecule has 1 heterocycles. The van der Waals surface area contributed by atoms with Gasteiger partial charge in [0.2, 0.25) is 0 Å². The monoisotopic (exact) mass is 478 g/mol. The van der Waals surface area contributed by atoms with Gasteiger partial charge in [-0.05, 0) is 67.3 Å². The topological polar surface area (TPSA) is 92.8 Å². The van der Waals surface area contributed by atoms with Crippen LogP contribution in [0.25, 0.3) is 10.8 Å². The summed E-state index contributed by atoms with van der Waals surface area (Å²) in [7, 11) is 0. The molecule has 0 radical (unpaired) electrons. The molecule has 4 aromatic rings. The second-order valence-corrected chi connectivity index (χ2v) is 8.64. The van der Waals surface area contributed by atoms with Gasteiger partial charge in [-0.3, -0.25) is 14.4 Å². The first kappa shape index (κ1) is 23.0. The molecule has 4 aromatic carbocycles. The summed E-state index contributed by atoms with van der Waals surface area (Å²) in [6.07, 6.45) is 0. The second-order valence-electron chi connectivity index (χ2n) is 8.64. The zero-order valence-electron chi connectivity index (χ0n) is 19.7. The number of amides is 3. The van der Waals surface area contributed by atoms with E-state index in [1.807, 2.05) is 38.1 Å². The lowest BCUT2D eigenvalue weighted by Gasteiger charge is -2.27. The van der Waals surface area contributed by atoms with Crippen molar-refractivity contribution in [2.24, 2.45) is 0 Å². The van der Waals surface area contributed by atoms with Crippen LogP contribution in [0.3, 0.4) is 0 Å². The highest BCUT2D eigenvalue weighted by Gasteiger charge is 2.33. The fourth-order valence-electron chi connectivity index (χ4n) is 4.37. The van der Waals surface area contributed by atoms with Crippen molar-refractivity contribution in [1.82, 2.24) is 0 Å². The minimum atomic E-state index is -0.691. The van der Waals surface area contributed by atoms with E-state index in [2.05, 4.69) is 5.32 Å². The number of hydrogen-bond acceptors (Lipinski definition) is 5. The Morgan fingerprint density at radius 3 is 2.08 bits per heavy atom. The molecule has 1 N–H and O–H groups in total. The van der Waals surface area contributed by atoms with E-state index in [4.69, 9.17) is 4.74 Å². The van der Waals surface area contributed by atoms with Crippen LogP contribution >= 0.6 is 0 Å². The van der Waals surface area contributed by atoms with E-state index in [0.717, 1.165) is 21.4 Å². The zero-order chi connectivity index (χ0) is 25.4. The fourth-order valence-corrected chi connectivity index (χ4v) is 4.37. The number of carbonyl (C=O) groups excluding carboxylic acids is 4. The number of rotatable bonds is 5. The summed E-state index contributed by atoms with van der Waals surface area (Å²) in [6, 6.07) is 22.2. The van der Waals surface area contributed by atoms with Crippen LogP contribution < -0.4 is 10.2 Å². The maximum Gasteiger partial charge on any atom is 0.338 e. The Hall–Kier alpha value is -4.78. The molecule has 0 spiro atoms. The number of aryl methyl sites for hydroxylation is 2. The van der Waals surface area contributed by atoms with Gasteiger partial charge in [0.15, 0.2) is 6.61 Å². The van der Waals surface area contributed by atoms with Gasteiger partial charge >= 0.3 is 5.97 Å². The van der Waals surface area contributed by atoms with Crippen molar-refractivity contribution in [3.05, 3.63) is 107 Å². The van der Waals surface area contributed by atoms with Gasteiger partial charge in [-0.25, -0.2) is 9.69 Å². The average molecular weight is 479 g/mol. The van der Waals surface area contributed by atoms with Gasteiger partial charge in [0.25, 0.3) is 17.7 Å². The molecule has 0 aromatic heterocycles. The number of imide groups is 1. The van der Waals surface area contributed by atoms with Gasteiger partial charge < -0.3 is 10.1 Å². The van der Waals surface area contributed by atoms with Gasteiger partial charge in [0.1, 0.15) is 0 Å². The molecule has 0 saturated heterocycles. The molecular weight excluding hydrogens is 456 g/mol. The molecule has 5 rings (SSSR count). The van der Waals surface area contributed by atoms with Crippen LogP contribution in [-0.2, 0) is 9.53 Å². The normalized spacial score (nSPS) is 12.6. The summed E-state index contributed by atoms with van der Waals surface area (Å²) in [4.78, 5) is 52.1. The largest absolute Gasteiger partial charge is 0.452 e. The van der Waals surface area contributed by atoms with Gasteiger partial charge in [-0.1, -0.05) is 42.0 Å². The van der Waals surface area contributed by atoms with Gasteiger partial charge in [-0.2, -0.15) is 0 Å². The Morgan fingerprint density at radius 1 is 0.833 bits per heavy atom. The summed E-state index contributed by atoms with van der Waals surface area (Å²) in [5, 5.41) is 4.19. The Kier molecular flexibility index (Phi) is 5.82. The molecule has 1 aliphatic heterocycles. The van der Waals surface area contributed by atoms with E-state index in [9.17, 15) is 19.2 Å². The number of ether oxygens (including phenoxy) is 1. The predicted octanol–water partition coefficient (Wildman–Crippen LogP) is 5.05. The van der Waals surface area contributed by atoms with Crippen LogP contribution in [0.1, 0.15) is 42.2 Å². The van der Waals surface area contributed by atoms with Crippen LogP contribution in [0.2, 0.25) is 0 Å². The van der Waals surface area contributed by atoms with Crippen LogP contribution in [0.4, 0.5) is 11.4 Å². The van der Waals surface area contributed by atoms with Crippen molar-refractivity contribution in [3.63, 3.8) is 0 Å². The Balaban J connectivity index is 1.28. The Labute approximate surface area is 207 Å². The van der Waals surface area contributed by atoms with E-state index in [0.29, 0.717) is 27.9 Å². The van der Waals surface area contributed by atoms with Gasteiger partial charge in [-0.15, -0.1) is 0 Å². The molecule has 0 unspecified atom stereocenters. The van der Waals surface area contributed by atoms with Crippen LogP contribution in [-0.4, -0.2) is 30.3 Å². The number of benzene rings is 4. The fraction of sp³-hybridized carbons (Fsp3) is 0.103. The van der Waals surface area contributed by atoms with E-state index in [-0.39, 0.29) is 5.56 Å². The molecule has 3 amide bonds. The molecule has 7 heteroatoms. The summed E-state index contributed by atoms with van der Waals surface area (Å²) in [6.45, 7) is 3.40. The van der Waals surface area contributed by atoms with Crippen molar-refractivity contribution in [2.75, 3.05) is 16.8 Å². The molecule has 0 aliphatic carbocycles. The van der Waals surface area contributed by atoms with E-state index < -0.39 is 30.3 Å². The number of carbonyl (C=O) groups is 4. The smallest absolute Gasteiger partial charge is 0.338 e. The Morgan fingerprint density at radius 2 is 1.47 bits per heavy atom. The number of nitrogens with one attached hydrogen (secondary N) is 1. The number of esters is 1. The minimum Gasteiger partial charge on any atom is -0.452 e. The molecule has 36 heavy (non-hydrogen) atoms. The number of anilines is 2. The maximum absolute atomic E-state index is 13.2. The van der Waals surface area contributed by atoms with Crippen molar-refractivity contribution in [2.45, 2.75) is 13.8 Å². The van der Waals surface area contributed by atoms with Crippen molar-refractivity contribution < 1.29 is 23.9 Å². The van der Waals surface area contributed by atoms with Crippen LogP contribution in [0.5, 0.6) is 0 Å². The lowest BCUT2D eigenvalue weighted by atomic mass is 9.94.